The molecule has 6 aromatic carbocycles. The van der Waals surface area contributed by atoms with Gasteiger partial charge in [0.2, 0.25) is 0 Å². The molecule has 0 aliphatic carbocycles. The molecule has 0 N–H and O–H groups in total. The molecule has 0 saturated heterocycles. The van der Waals surface area contributed by atoms with Gasteiger partial charge in [0.15, 0.2) is 17.5 Å². The summed E-state index contributed by atoms with van der Waals surface area (Å²) in [5.41, 5.74) is 5.36. The first-order valence-electron chi connectivity index (χ1n) is 13.6. The van der Waals surface area contributed by atoms with E-state index in [1.165, 1.54) is 36.7 Å². The van der Waals surface area contributed by atoms with Crippen LogP contribution < -0.4 is 0 Å². The van der Waals surface area contributed by atoms with Crippen molar-refractivity contribution in [2.45, 2.75) is 0 Å². The molecule has 0 aliphatic rings. The second-order valence-electron chi connectivity index (χ2n) is 10.0. The lowest BCUT2D eigenvalue weighted by Gasteiger charge is -2.13. The maximum atomic E-state index is 5.16. The van der Waals surface area contributed by atoms with Crippen LogP contribution in [0.5, 0.6) is 0 Å². The van der Waals surface area contributed by atoms with Gasteiger partial charge in [-0.25, -0.2) is 15.0 Å². The van der Waals surface area contributed by atoms with E-state index in [2.05, 4.69) is 121 Å². The minimum atomic E-state index is 0.667. The molecule has 2 aromatic heterocycles. The van der Waals surface area contributed by atoms with E-state index in [0.717, 1.165) is 22.1 Å². The highest BCUT2D eigenvalue weighted by Gasteiger charge is 2.18. The third kappa shape index (κ3) is 4.08. The van der Waals surface area contributed by atoms with Crippen molar-refractivity contribution in [3.05, 3.63) is 140 Å². The van der Waals surface area contributed by atoms with Crippen LogP contribution in [0.2, 0.25) is 0 Å². The summed E-state index contributed by atoms with van der Waals surface area (Å²) in [4.78, 5) is 15.3. The molecule has 0 fully saturated rings. The number of benzene rings is 6. The van der Waals surface area contributed by atoms with Gasteiger partial charge >= 0.3 is 0 Å². The monoisotopic (exact) mass is 541 g/mol. The van der Waals surface area contributed by atoms with Crippen molar-refractivity contribution in [3.63, 3.8) is 0 Å². The summed E-state index contributed by atoms with van der Waals surface area (Å²) in [6.45, 7) is 0. The van der Waals surface area contributed by atoms with E-state index in [1.54, 1.807) is 11.3 Å². The number of hydrogen-bond acceptors (Lipinski definition) is 4. The molecule has 2 heterocycles. The number of hydrogen-bond donors (Lipinski definition) is 0. The normalized spacial score (nSPS) is 11.4. The van der Waals surface area contributed by atoms with Gasteiger partial charge in [0.05, 0.1) is 0 Å². The van der Waals surface area contributed by atoms with E-state index < -0.39 is 0 Å². The SMILES string of the molecule is c1ccc(-c2nc(-c3ccc(-c4ccccc4)c4ccccc34)nc(-c3cccc4c3sc3ccccc34)n2)cc1. The first-order valence-corrected chi connectivity index (χ1v) is 14.4. The van der Waals surface area contributed by atoms with Crippen molar-refractivity contribution < 1.29 is 0 Å². The quantitative estimate of drug-likeness (QED) is 0.222. The van der Waals surface area contributed by atoms with Crippen molar-refractivity contribution >= 4 is 42.3 Å². The van der Waals surface area contributed by atoms with Gasteiger partial charge in [-0.2, -0.15) is 0 Å². The zero-order valence-electron chi connectivity index (χ0n) is 22.0. The third-order valence-corrected chi connectivity index (χ3v) is 8.78. The zero-order valence-corrected chi connectivity index (χ0v) is 22.8. The Balaban J connectivity index is 1.39. The molecule has 0 aliphatic heterocycles. The van der Waals surface area contributed by atoms with Crippen LogP contribution in [0.15, 0.2) is 140 Å². The lowest BCUT2D eigenvalue weighted by Crippen LogP contribution is -2.01. The van der Waals surface area contributed by atoms with Gasteiger partial charge in [-0.15, -0.1) is 11.3 Å². The Labute approximate surface area is 241 Å². The van der Waals surface area contributed by atoms with E-state index in [4.69, 9.17) is 15.0 Å². The Morgan fingerprint density at radius 2 is 0.878 bits per heavy atom. The van der Waals surface area contributed by atoms with E-state index in [-0.39, 0.29) is 0 Å². The minimum absolute atomic E-state index is 0.667. The largest absolute Gasteiger partial charge is 0.208 e. The summed E-state index contributed by atoms with van der Waals surface area (Å²) in [5, 5.41) is 4.77. The predicted molar refractivity (Wildman–Crippen MR) is 172 cm³/mol. The highest BCUT2D eigenvalue weighted by atomic mass is 32.1. The first kappa shape index (κ1) is 23.7. The fourth-order valence-electron chi connectivity index (χ4n) is 5.62. The Kier molecular flexibility index (Phi) is 5.64. The van der Waals surface area contributed by atoms with Gasteiger partial charge in [0.1, 0.15) is 0 Å². The fraction of sp³-hybridized carbons (Fsp3) is 0. The van der Waals surface area contributed by atoms with Crippen LogP contribution in [0.4, 0.5) is 0 Å². The van der Waals surface area contributed by atoms with E-state index in [0.29, 0.717) is 17.5 Å². The number of fused-ring (bicyclic) bond motifs is 4. The van der Waals surface area contributed by atoms with Gasteiger partial charge in [-0.05, 0) is 40.1 Å². The molecule has 0 atom stereocenters. The van der Waals surface area contributed by atoms with Gasteiger partial charge in [-0.3, -0.25) is 0 Å². The molecule has 0 unspecified atom stereocenters. The highest BCUT2D eigenvalue weighted by Crippen LogP contribution is 2.40. The van der Waals surface area contributed by atoms with Crippen LogP contribution in [0.3, 0.4) is 0 Å². The topological polar surface area (TPSA) is 38.7 Å². The Hall–Kier alpha value is -5.19. The molecule has 3 nitrogen and oxygen atoms in total. The molecule has 41 heavy (non-hydrogen) atoms. The van der Waals surface area contributed by atoms with Crippen LogP contribution in [0.25, 0.3) is 76.2 Å². The average molecular weight is 542 g/mol. The Morgan fingerprint density at radius 1 is 0.341 bits per heavy atom. The van der Waals surface area contributed by atoms with Crippen molar-refractivity contribution in [3.8, 4) is 45.3 Å². The summed E-state index contributed by atoms with van der Waals surface area (Å²) >= 11 is 1.79. The van der Waals surface area contributed by atoms with Crippen molar-refractivity contribution in [2.75, 3.05) is 0 Å². The van der Waals surface area contributed by atoms with Gasteiger partial charge in [0.25, 0.3) is 0 Å². The summed E-state index contributed by atoms with van der Waals surface area (Å²) in [6.07, 6.45) is 0. The second-order valence-corrected chi connectivity index (χ2v) is 11.1. The Morgan fingerprint density at radius 3 is 1.63 bits per heavy atom. The molecule has 0 radical (unpaired) electrons. The molecular formula is C37H23N3S. The first-order chi connectivity index (χ1) is 20.3. The number of aromatic nitrogens is 3. The molecule has 8 rings (SSSR count). The average Bonchev–Trinajstić information content (AvgIpc) is 3.44. The van der Waals surface area contributed by atoms with Crippen LogP contribution in [0, 0.1) is 0 Å². The lowest BCUT2D eigenvalue weighted by atomic mass is 9.94. The highest BCUT2D eigenvalue weighted by molar-refractivity contribution is 7.26. The van der Waals surface area contributed by atoms with Gasteiger partial charge in [0, 0.05) is 36.9 Å². The van der Waals surface area contributed by atoms with Gasteiger partial charge in [-0.1, -0.05) is 121 Å². The number of rotatable bonds is 4. The number of nitrogens with zero attached hydrogens (tertiary/aromatic N) is 3. The molecule has 0 saturated carbocycles. The van der Waals surface area contributed by atoms with Crippen LogP contribution in [-0.4, -0.2) is 15.0 Å². The molecule has 0 spiro atoms. The lowest BCUT2D eigenvalue weighted by molar-refractivity contribution is 1.08. The smallest absolute Gasteiger partial charge is 0.165 e. The standard InChI is InChI=1S/C37H23N3S/c1-3-12-24(13-4-1)26-22-23-31(28-17-8-7-16-27(26)28)36-38-35(25-14-5-2-6-15-25)39-37(40-36)32-20-11-19-30-29-18-9-10-21-33(29)41-34(30)32/h1-23H. The summed E-state index contributed by atoms with van der Waals surface area (Å²) in [5.74, 6) is 2.02. The third-order valence-electron chi connectivity index (χ3n) is 7.56. The second kappa shape index (κ2) is 9.77. The number of thiophene rings is 1. The summed E-state index contributed by atoms with van der Waals surface area (Å²) in [7, 11) is 0. The van der Waals surface area contributed by atoms with Crippen molar-refractivity contribution in [1.29, 1.82) is 0 Å². The molecule has 0 bridgehead atoms. The minimum Gasteiger partial charge on any atom is -0.208 e. The molecule has 0 amide bonds. The van der Waals surface area contributed by atoms with Gasteiger partial charge < -0.3 is 0 Å². The fourth-order valence-corrected chi connectivity index (χ4v) is 6.83. The van der Waals surface area contributed by atoms with Crippen LogP contribution in [-0.2, 0) is 0 Å². The summed E-state index contributed by atoms with van der Waals surface area (Å²) in [6, 6.07) is 48.5. The molecule has 8 aromatic rings. The molecule has 4 heteroatoms. The predicted octanol–water partition coefficient (Wildman–Crippen LogP) is 10.1. The molecule has 192 valence electrons. The maximum Gasteiger partial charge on any atom is 0.165 e. The maximum absolute atomic E-state index is 5.16. The molecular weight excluding hydrogens is 518 g/mol. The van der Waals surface area contributed by atoms with Crippen molar-refractivity contribution in [1.82, 2.24) is 15.0 Å². The van der Waals surface area contributed by atoms with Crippen LogP contribution >= 0.6 is 11.3 Å². The van der Waals surface area contributed by atoms with E-state index in [1.807, 2.05) is 18.2 Å². The Bertz CT molecular complexity index is 2200. The van der Waals surface area contributed by atoms with Crippen LogP contribution in [0.1, 0.15) is 0 Å². The van der Waals surface area contributed by atoms with Crippen molar-refractivity contribution in [2.24, 2.45) is 0 Å². The van der Waals surface area contributed by atoms with E-state index >= 15 is 0 Å². The van der Waals surface area contributed by atoms with E-state index in [9.17, 15) is 0 Å². The zero-order chi connectivity index (χ0) is 27.2. The summed E-state index contributed by atoms with van der Waals surface area (Å²) < 4.78 is 2.45.